The van der Waals surface area contributed by atoms with Gasteiger partial charge in [-0.3, -0.25) is 9.80 Å². The summed E-state index contributed by atoms with van der Waals surface area (Å²) in [5, 5.41) is 0. The van der Waals surface area contributed by atoms with Gasteiger partial charge in [0.2, 0.25) is 0 Å². The van der Waals surface area contributed by atoms with E-state index in [1.807, 2.05) is 0 Å². The Bertz CT molecular complexity index is 417. The second-order valence-corrected chi connectivity index (χ2v) is 5.92. The molecule has 0 radical (unpaired) electrons. The summed E-state index contributed by atoms with van der Waals surface area (Å²) in [6.07, 6.45) is 2.76. The maximum atomic E-state index is 5.22. The smallest absolute Gasteiger partial charge is 0.118 e. The number of hydrogen-bond acceptors (Lipinski definition) is 3. The van der Waals surface area contributed by atoms with Crippen molar-refractivity contribution in [3.63, 3.8) is 0 Å². The third-order valence-electron chi connectivity index (χ3n) is 4.61. The van der Waals surface area contributed by atoms with Crippen molar-refractivity contribution < 1.29 is 4.74 Å². The van der Waals surface area contributed by atoms with E-state index in [4.69, 9.17) is 4.74 Å². The van der Waals surface area contributed by atoms with Gasteiger partial charge in [-0.05, 0) is 44.0 Å². The summed E-state index contributed by atoms with van der Waals surface area (Å²) in [4.78, 5) is 5.31. The number of methoxy groups -OCH3 is 1. The molecule has 0 amide bonds. The molecular formula is C16H24N2O. The highest BCUT2D eigenvalue weighted by atomic mass is 16.5. The summed E-state index contributed by atoms with van der Waals surface area (Å²) in [6, 6.07) is 9.96. The fourth-order valence-electron chi connectivity index (χ4n) is 3.43. The average molecular weight is 260 g/mol. The van der Waals surface area contributed by atoms with Crippen molar-refractivity contribution in [2.75, 3.05) is 26.7 Å². The van der Waals surface area contributed by atoms with Crippen LogP contribution in [0.25, 0.3) is 0 Å². The van der Waals surface area contributed by atoms with E-state index >= 15 is 0 Å². The monoisotopic (exact) mass is 260 g/mol. The van der Waals surface area contributed by atoms with Crippen LogP contribution in [-0.4, -0.2) is 48.6 Å². The number of nitrogens with zero attached hydrogens (tertiary/aromatic N) is 2. The van der Waals surface area contributed by atoms with Crippen LogP contribution < -0.4 is 4.74 Å². The van der Waals surface area contributed by atoms with E-state index in [-0.39, 0.29) is 0 Å². The zero-order valence-corrected chi connectivity index (χ0v) is 12.0. The molecular weight excluding hydrogens is 236 g/mol. The van der Waals surface area contributed by atoms with Gasteiger partial charge in [-0.25, -0.2) is 0 Å². The first-order chi connectivity index (χ1) is 9.26. The van der Waals surface area contributed by atoms with Gasteiger partial charge in [0, 0.05) is 31.7 Å². The van der Waals surface area contributed by atoms with Gasteiger partial charge in [0.1, 0.15) is 5.75 Å². The number of hydrogen-bond donors (Lipinski definition) is 0. The number of rotatable bonds is 3. The molecule has 0 unspecified atom stereocenters. The minimum Gasteiger partial charge on any atom is -0.497 e. The predicted octanol–water partition coefficient (Wildman–Crippen LogP) is 2.36. The molecule has 0 N–H and O–H groups in total. The highest BCUT2D eigenvalue weighted by Crippen LogP contribution is 2.26. The molecule has 2 aliphatic rings. The molecule has 0 aliphatic carbocycles. The van der Waals surface area contributed by atoms with Crippen molar-refractivity contribution in [3.8, 4) is 5.75 Å². The summed E-state index contributed by atoms with van der Waals surface area (Å²) in [7, 11) is 1.72. The van der Waals surface area contributed by atoms with Crippen molar-refractivity contribution >= 4 is 0 Å². The van der Waals surface area contributed by atoms with Gasteiger partial charge < -0.3 is 4.74 Å². The lowest BCUT2D eigenvalue weighted by atomic mass is 10.1. The molecule has 0 bridgehead atoms. The third-order valence-corrected chi connectivity index (χ3v) is 4.61. The molecule has 2 saturated heterocycles. The molecule has 2 atom stereocenters. The molecule has 0 aromatic heterocycles. The van der Waals surface area contributed by atoms with E-state index in [0.29, 0.717) is 6.04 Å². The first kappa shape index (κ1) is 12.9. The summed E-state index contributed by atoms with van der Waals surface area (Å²) >= 11 is 0. The Morgan fingerprint density at radius 3 is 2.74 bits per heavy atom. The van der Waals surface area contributed by atoms with Crippen LogP contribution in [0, 0.1) is 0 Å². The van der Waals surface area contributed by atoms with Crippen molar-refractivity contribution in [2.45, 2.75) is 38.4 Å². The molecule has 1 aromatic rings. The van der Waals surface area contributed by atoms with E-state index in [1.165, 1.54) is 38.0 Å². The third kappa shape index (κ3) is 2.77. The van der Waals surface area contributed by atoms with Crippen LogP contribution in [0.4, 0.5) is 0 Å². The standard InChI is InChI=1S/C16H24N2O/c1-13-10-17-9-3-4-15(17)12-18(13)11-14-5-7-16(19-2)8-6-14/h5-8,13,15H,3-4,9-12H2,1-2H3/t13-,15-/m0/s1. The lowest BCUT2D eigenvalue weighted by Gasteiger charge is -2.42. The fraction of sp³-hybridized carbons (Fsp3) is 0.625. The molecule has 0 spiro atoms. The summed E-state index contributed by atoms with van der Waals surface area (Å²) in [5.74, 6) is 0.942. The largest absolute Gasteiger partial charge is 0.497 e. The highest BCUT2D eigenvalue weighted by Gasteiger charge is 2.34. The van der Waals surface area contributed by atoms with Gasteiger partial charge in [-0.2, -0.15) is 0 Å². The quantitative estimate of drug-likeness (QED) is 0.830. The second-order valence-electron chi connectivity index (χ2n) is 5.92. The molecule has 19 heavy (non-hydrogen) atoms. The lowest BCUT2D eigenvalue weighted by Crippen LogP contribution is -2.54. The van der Waals surface area contributed by atoms with Crippen LogP contribution in [-0.2, 0) is 6.54 Å². The van der Waals surface area contributed by atoms with Gasteiger partial charge >= 0.3 is 0 Å². The molecule has 3 heteroatoms. The van der Waals surface area contributed by atoms with E-state index in [0.717, 1.165) is 18.3 Å². The number of ether oxygens (including phenoxy) is 1. The maximum Gasteiger partial charge on any atom is 0.118 e. The molecule has 2 heterocycles. The van der Waals surface area contributed by atoms with Gasteiger partial charge in [-0.1, -0.05) is 12.1 Å². The van der Waals surface area contributed by atoms with Crippen molar-refractivity contribution in [3.05, 3.63) is 29.8 Å². The topological polar surface area (TPSA) is 15.7 Å². The van der Waals surface area contributed by atoms with Crippen molar-refractivity contribution in [2.24, 2.45) is 0 Å². The molecule has 0 saturated carbocycles. The Morgan fingerprint density at radius 2 is 2.00 bits per heavy atom. The van der Waals surface area contributed by atoms with Crippen LogP contribution in [0.2, 0.25) is 0 Å². The van der Waals surface area contributed by atoms with E-state index < -0.39 is 0 Å². The summed E-state index contributed by atoms with van der Waals surface area (Å²) in [6.45, 7) is 7.20. The summed E-state index contributed by atoms with van der Waals surface area (Å²) in [5.41, 5.74) is 1.39. The van der Waals surface area contributed by atoms with Gasteiger partial charge in [0.25, 0.3) is 0 Å². The van der Waals surface area contributed by atoms with Crippen LogP contribution in [0.1, 0.15) is 25.3 Å². The van der Waals surface area contributed by atoms with Gasteiger partial charge in [0.05, 0.1) is 7.11 Å². The Morgan fingerprint density at radius 1 is 1.21 bits per heavy atom. The molecule has 3 nitrogen and oxygen atoms in total. The normalized spacial score (nSPS) is 28.3. The zero-order valence-electron chi connectivity index (χ0n) is 12.0. The van der Waals surface area contributed by atoms with Crippen LogP contribution >= 0.6 is 0 Å². The minimum atomic E-state index is 0.663. The first-order valence-corrected chi connectivity index (χ1v) is 7.37. The molecule has 104 valence electrons. The Balaban J connectivity index is 1.64. The van der Waals surface area contributed by atoms with Gasteiger partial charge in [-0.15, -0.1) is 0 Å². The second kappa shape index (κ2) is 5.51. The lowest BCUT2D eigenvalue weighted by molar-refractivity contribution is 0.0540. The zero-order chi connectivity index (χ0) is 13.2. The Kier molecular flexibility index (Phi) is 3.76. The maximum absolute atomic E-state index is 5.22. The SMILES string of the molecule is COc1ccc(CN2C[C@@H]3CCCN3C[C@@H]2C)cc1. The molecule has 2 aliphatic heterocycles. The van der Waals surface area contributed by atoms with Crippen LogP contribution in [0.15, 0.2) is 24.3 Å². The number of piperazine rings is 1. The fourth-order valence-corrected chi connectivity index (χ4v) is 3.43. The van der Waals surface area contributed by atoms with Gasteiger partial charge in [0.15, 0.2) is 0 Å². The molecule has 2 fully saturated rings. The number of benzene rings is 1. The van der Waals surface area contributed by atoms with E-state index in [9.17, 15) is 0 Å². The minimum absolute atomic E-state index is 0.663. The highest BCUT2D eigenvalue weighted by molar-refractivity contribution is 5.27. The Hall–Kier alpha value is -1.06. The summed E-state index contributed by atoms with van der Waals surface area (Å²) < 4.78 is 5.22. The predicted molar refractivity (Wildman–Crippen MR) is 77.5 cm³/mol. The van der Waals surface area contributed by atoms with E-state index in [1.54, 1.807) is 7.11 Å². The molecule has 1 aromatic carbocycles. The van der Waals surface area contributed by atoms with Crippen molar-refractivity contribution in [1.29, 1.82) is 0 Å². The van der Waals surface area contributed by atoms with Crippen LogP contribution in [0.3, 0.4) is 0 Å². The number of fused-ring (bicyclic) bond motifs is 1. The molecule has 3 rings (SSSR count). The van der Waals surface area contributed by atoms with E-state index in [2.05, 4.69) is 41.0 Å². The first-order valence-electron chi connectivity index (χ1n) is 7.37. The van der Waals surface area contributed by atoms with Crippen molar-refractivity contribution in [1.82, 2.24) is 9.80 Å². The average Bonchev–Trinajstić information content (AvgIpc) is 2.87. The Labute approximate surface area is 116 Å². The van der Waals surface area contributed by atoms with Crippen LogP contribution in [0.5, 0.6) is 5.75 Å².